The molecule has 3 heterocycles. The lowest BCUT2D eigenvalue weighted by Crippen LogP contribution is -2.39. The smallest absolute Gasteiger partial charge is 0.153 e. The first-order valence-corrected chi connectivity index (χ1v) is 7.53. The predicted molar refractivity (Wildman–Crippen MR) is 85.1 cm³/mol. The summed E-state index contributed by atoms with van der Waals surface area (Å²) in [4.78, 5) is 6.50. The van der Waals surface area contributed by atoms with Crippen LogP contribution in [0.25, 0.3) is 5.65 Å². The SMILES string of the molecule is Cc1ccc(C2CN(c3ccc4nccn4n3)CCO2)cc1. The van der Waals surface area contributed by atoms with Crippen molar-refractivity contribution in [2.24, 2.45) is 0 Å². The molecular weight excluding hydrogens is 276 g/mol. The first-order valence-electron chi connectivity index (χ1n) is 7.53. The fraction of sp³-hybridized carbons (Fsp3) is 0.294. The number of anilines is 1. The zero-order chi connectivity index (χ0) is 14.9. The Morgan fingerprint density at radius 1 is 1.14 bits per heavy atom. The zero-order valence-electron chi connectivity index (χ0n) is 12.5. The number of aryl methyl sites for hydroxylation is 1. The Bertz CT molecular complexity index is 781. The summed E-state index contributed by atoms with van der Waals surface area (Å²) >= 11 is 0. The number of imidazole rings is 1. The largest absolute Gasteiger partial charge is 0.370 e. The molecule has 1 aromatic carbocycles. The number of fused-ring (bicyclic) bond motifs is 1. The lowest BCUT2D eigenvalue weighted by Gasteiger charge is -2.33. The highest BCUT2D eigenvalue weighted by atomic mass is 16.5. The van der Waals surface area contributed by atoms with Crippen LogP contribution in [-0.2, 0) is 4.74 Å². The second-order valence-corrected chi connectivity index (χ2v) is 5.64. The van der Waals surface area contributed by atoms with E-state index in [2.05, 4.69) is 46.2 Å². The molecular formula is C17H18N4O. The van der Waals surface area contributed by atoms with Crippen molar-refractivity contribution in [2.75, 3.05) is 24.6 Å². The summed E-state index contributed by atoms with van der Waals surface area (Å²) in [5.74, 6) is 0.964. The number of ether oxygens (including phenoxy) is 1. The first kappa shape index (κ1) is 13.3. The van der Waals surface area contributed by atoms with E-state index in [-0.39, 0.29) is 6.10 Å². The van der Waals surface area contributed by atoms with E-state index >= 15 is 0 Å². The summed E-state index contributed by atoms with van der Waals surface area (Å²) in [7, 11) is 0. The zero-order valence-corrected chi connectivity index (χ0v) is 12.5. The van der Waals surface area contributed by atoms with Crippen LogP contribution in [-0.4, -0.2) is 34.3 Å². The van der Waals surface area contributed by atoms with E-state index in [1.165, 1.54) is 11.1 Å². The number of nitrogens with zero attached hydrogens (tertiary/aromatic N) is 4. The molecule has 3 aromatic rings. The lowest BCUT2D eigenvalue weighted by molar-refractivity contribution is 0.0394. The van der Waals surface area contributed by atoms with Gasteiger partial charge < -0.3 is 9.64 Å². The van der Waals surface area contributed by atoms with Crippen LogP contribution >= 0.6 is 0 Å². The molecule has 2 aromatic heterocycles. The Balaban J connectivity index is 1.58. The molecule has 0 amide bonds. The van der Waals surface area contributed by atoms with Crippen molar-refractivity contribution in [3.05, 3.63) is 59.9 Å². The number of benzene rings is 1. The number of aromatic nitrogens is 3. The van der Waals surface area contributed by atoms with Gasteiger partial charge in [0.2, 0.25) is 0 Å². The molecule has 1 saturated heterocycles. The van der Waals surface area contributed by atoms with Gasteiger partial charge in [-0.2, -0.15) is 0 Å². The summed E-state index contributed by atoms with van der Waals surface area (Å²) in [6.07, 6.45) is 3.73. The minimum Gasteiger partial charge on any atom is -0.370 e. The third kappa shape index (κ3) is 2.44. The fourth-order valence-electron chi connectivity index (χ4n) is 2.81. The van der Waals surface area contributed by atoms with E-state index in [4.69, 9.17) is 4.74 Å². The molecule has 0 spiro atoms. The lowest BCUT2D eigenvalue weighted by atomic mass is 10.1. The number of rotatable bonds is 2. The van der Waals surface area contributed by atoms with Gasteiger partial charge >= 0.3 is 0 Å². The van der Waals surface area contributed by atoms with E-state index in [1.54, 1.807) is 6.20 Å². The Morgan fingerprint density at radius 3 is 2.86 bits per heavy atom. The molecule has 0 radical (unpaired) electrons. The van der Waals surface area contributed by atoms with Gasteiger partial charge in [0.1, 0.15) is 11.9 Å². The molecule has 22 heavy (non-hydrogen) atoms. The molecule has 1 unspecified atom stereocenters. The molecule has 1 aliphatic rings. The van der Waals surface area contributed by atoms with Gasteiger partial charge in [-0.25, -0.2) is 9.50 Å². The highest BCUT2D eigenvalue weighted by Gasteiger charge is 2.23. The Morgan fingerprint density at radius 2 is 2.00 bits per heavy atom. The third-order valence-electron chi connectivity index (χ3n) is 4.08. The van der Waals surface area contributed by atoms with Gasteiger partial charge in [-0.3, -0.25) is 0 Å². The number of hydrogen-bond acceptors (Lipinski definition) is 4. The van der Waals surface area contributed by atoms with Gasteiger partial charge in [0.15, 0.2) is 5.65 Å². The van der Waals surface area contributed by atoms with Crippen LogP contribution in [0.5, 0.6) is 0 Å². The van der Waals surface area contributed by atoms with Crippen molar-refractivity contribution in [2.45, 2.75) is 13.0 Å². The molecule has 112 valence electrons. The fourth-order valence-corrected chi connectivity index (χ4v) is 2.81. The summed E-state index contributed by atoms with van der Waals surface area (Å²) in [6.45, 7) is 4.48. The highest BCUT2D eigenvalue weighted by Crippen LogP contribution is 2.25. The number of hydrogen-bond donors (Lipinski definition) is 0. The maximum atomic E-state index is 5.94. The molecule has 0 aliphatic carbocycles. The van der Waals surface area contributed by atoms with E-state index in [0.717, 1.165) is 24.6 Å². The van der Waals surface area contributed by atoms with Crippen LogP contribution in [0, 0.1) is 6.92 Å². The number of morpholine rings is 1. The Hall–Kier alpha value is -2.40. The third-order valence-corrected chi connectivity index (χ3v) is 4.08. The van der Waals surface area contributed by atoms with Gasteiger partial charge in [0.05, 0.1) is 6.61 Å². The van der Waals surface area contributed by atoms with Crippen molar-refractivity contribution in [3.8, 4) is 0 Å². The molecule has 1 fully saturated rings. The first-order chi connectivity index (χ1) is 10.8. The Kier molecular flexibility index (Phi) is 3.27. The van der Waals surface area contributed by atoms with Crippen molar-refractivity contribution < 1.29 is 4.74 Å². The average Bonchev–Trinajstić information content (AvgIpc) is 3.03. The molecule has 4 rings (SSSR count). The van der Waals surface area contributed by atoms with Crippen molar-refractivity contribution in [1.82, 2.24) is 14.6 Å². The summed E-state index contributed by atoms with van der Waals surface area (Å²) in [5, 5.41) is 4.63. The molecule has 5 heteroatoms. The van der Waals surface area contributed by atoms with Gasteiger partial charge in [0, 0.05) is 25.5 Å². The van der Waals surface area contributed by atoms with Crippen LogP contribution < -0.4 is 4.90 Å². The molecule has 0 bridgehead atoms. The van der Waals surface area contributed by atoms with Crippen LogP contribution in [0.2, 0.25) is 0 Å². The van der Waals surface area contributed by atoms with Crippen molar-refractivity contribution in [3.63, 3.8) is 0 Å². The second kappa shape index (κ2) is 5.42. The molecule has 1 aliphatic heterocycles. The quantitative estimate of drug-likeness (QED) is 0.728. The summed E-state index contributed by atoms with van der Waals surface area (Å²) in [5.41, 5.74) is 3.36. The van der Waals surface area contributed by atoms with E-state index in [1.807, 2.05) is 22.8 Å². The molecule has 0 N–H and O–H groups in total. The summed E-state index contributed by atoms with van der Waals surface area (Å²) < 4.78 is 7.75. The van der Waals surface area contributed by atoms with Crippen LogP contribution in [0.15, 0.2) is 48.8 Å². The highest BCUT2D eigenvalue weighted by molar-refractivity contribution is 5.46. The molecule has 1 atom stereocenters. The Labute approximate surface area is 129 Å². The van der Waals surface area contributed by atoms with E-state index in [9.17, 15) is 0 Å². The minimum atomic E-state index is 0.0923. The average molecular weight is 294 g/mol. The normalized spacial score (nSPS) is 18.8. The van der Waals surface area contributed by atoms with Gasteiger partial charge in [-0.15, -0.1) is 5.10 Å². The maximum Gasteiger partial charge on any atom is 0.153 e. The maximum absolute atomic E-state index is 5.94. The molecule has 5 nitrogen and oxygen atoms in total. The topological polar surface area (TPSA) is 42.7 Å². The standard InChI is InChI=1S/C17H18N4O/c1-13-2-4-14(5-3-13)15-12-20(10-11-22-15)17-7-6-16-18-8-9-21(16)19-17/h2-9,15H,10-12H2,1H3. The summed E-state index contributed by atoms with van der Waals surface area (Å²) in [6, 6.07) is 12.6. The van der Waals surface area contributed by atoms with Gasteiger partial charge in [0.25, 0.3) is 0 Å². The van der Waals surface area contributed by atoms with E-state index in [0.29, 0.717) is 6.61 Å². The second-order valence-electron chi connectivity index (χ2n) is 5.64. The van der Waals surface area contributed by atoms with Crippen molar-refractivity contribution in [1.29, 1.82) is 0 Å². The van der Waals surface area contributed by atoms with Gasteiger partial charge in [-0.1, -0.05) is 29.8 Å². The predicted octanol–water partition coefficient (Wildman–Crippen LogP) is 2.62. The van der Waals surface area contributed by atoms with Crippen LogP contribution in [0.4, 0.5) is 5.82 Å². The van der Waals surface area contributed by atoms with E-state index < -0.39 is 0 Å². The van der Waals surface area contributed by atoms with Crippen LogP contribution in [0.3, 0.4) is 0 Å². The monoisotopic (exact) mass is 294 g/mol. The van der Waals surface area contributed by atoms with Crippen LogP contribution in [0.1, 0.15) is 17.2 Å². The van der Waals surface area contributed by atoms with Gasteiger partial charge in [-0.05, 0) is 24.6 Å². The minimum absolute atomic E-state index is 0.0923. The van der Waals surface area contributed by atoms with Crippen molar-refractivity contribution >= 4 is 11.5 Å². The molecule has 0 saturated carbocycles.